The summed E-state index contributed by atoms with van der Waals surface area (Å²) in [6.45, 7) is 7.00. The first-order valence-electron chi connectivity index (χ1n) is 10.7. The van der Waals surface area contributed by atoms with Crippen molar-refractivity contribution in [3.63, 3.8) is 0 Å². The number of benzene rings is 2. The number of rotatable bonds is 11. The fourth-order valence-corrected chi connectivity index (χ4v) is 3.40. The lowest BCUT2D eigenvalue weighted by Crippen LogP contribution is -2.49. The Balaban J connectivity index is 2.20. The summed E-state index contributed by atoms with van der Waals surface area (Å²) in [5.41, 5.74) is 3.27. The second kappa shape index (κ2) is 12.0. The maximum Gasteiger partial charge on any atom is 0.242 e. The molecule has 0 fully saturated rings. The van der Waals surface area contributed by atoms with E-state index in [0.29, 0.717) is 32.4 Å². The van der Waals surface area contributed by atoms with Crippen LogP contribution >= 0.6 is 0 Å². The number of carbonyl (C=O) groups excluding carboxylic acids is 2. The lowest BCUT2D eigenvalue weighted by Gasteiger charge is -2.31. The van der Waals surface area contributed by atoms with Crippen LogP contribution in [0.2, 0.25) is 0 Å². The Hall–Kier alpha value is -2.82. The largest absolute Gasteiger partial charge is 0.497 e. The van der Waals surface area contributed by atoms with Crippen LogP contribution in [-0.4, -0.2) is 36.4 Å². The lowest BCUT2D eigenvalue weighted by molar-refractivity contribution is -0.141. The monoisotopic (exact) mass is 410 g/mol. The van der Waals surface area contributed by atoms with Gasteiger partial charge in [0.2, 0.25) is 11.8 Å². The average molecular weight is 411 g/mol. The van der Waals surface area contributed by atoms with E-state index in [2.05, 4.69) is 29.6 Å². The van der Waals surface area contributed by atoms with Crippen molar-refractivity contribution in [2.75, 3.05) is 13.7 Å². The van der Waals surface area contributed by atoms with E-state index in [-0.39, 0.29) is 11.8 Å². The van der Waals surface area contributed by atoms with E-state index in [4.69, 9.17) is 4.74 Å². The molecule has 5 nitrogen and oxygen atoms in total. The second-order valence-corrected chi connectivity index (χ2v) is 7.57. The molecule has 30 heavy (non-hydrogen) atoms. The van der Waals surface area contributed by atoms with Gasteiger partial charge in [-0.25, -0.2) is 0 Å². The zero-order chi connectivity index (χ0) is 21.9. The maximum atomic E-state index is 13.2. The van der Waals surface area contributed by atoms with Gasteiger partial charge in [-0.1, -0.05) is 55.8 Å². The van der Waals surface area contributed by atoms with Crippen molar-refractivity contribution in [2.24, 2.45) is 0 Å². The Morgan fingerprint density at radius 2 is 1.80 bits per heavy atom. The quantitative estimate of drug-likeness (QED) is 0.602. The standard InChI is InChI=1S/C25H34N2O3/c1-5-16-26-25(29)23(6-2)27(18-21-8-7-9-22(17-21)30-4)24(28)15-14-20-12-10-19(3)11-13-20/h7-13,17,23H,5-6,14-16,18H2,1-4H3,(H,26,29). The zero-order valence-electron chi connectivity index (χ0n) is 18.6. The van der Waals surface area contributed by atoms with Gasteiger partial charge in [-0.3, -0.25) is 9.59 Å². The van der Waals surface area contributed by atoms with Gasteiger partial charge in [-0.05, 0) is 49.4 Å². The van der Waals surface area contributed by atoms with Gasteiger partial charge in [0.15, 0.2) is 0 Å². The minimum atomic E-state index is -0.492. The summed E-state index contributed by atoms with van der Waals surface area (Å²) in [4.78, 5) is 27.7. The molecule has 1 N–H and O–H groups in total. The van der Waals surface area contributed by atoms with Crippen LogP contribution in [0.5, 0.6) is 5.75 Å². The van der Waals surface area contributed by atoms with Gasteiger partial charge in [-0.15, -0.1) is 0 Å². The fraction of sp³-hybridized carbons (Fsp3) is 0.440. The fourth-order valence-electron chi connectivity index (χ4n) is 3.40. The van der Waals surface area contributed by atoms with Crippen molar-refractivity contribution in [3.8, 4) is 5.75 Å². The molecular formula is C25H34N2O3. The number of nitrogens with one attached hydrogen (secondary N) is 1. The Morgan fingerprint density at radius 1 is 1.07 bits per heavy atom. The third-order valence-corrected chi connectivity index (χ3v) is 5.17. The summed E-state index contributed by atoms with van der Waals surface area (Å²) in [5.74, 6) is 0.630. The van der Waals surface area contributed by atoms with E-state index in [1.807, 2.05) is 45.0 Å². The lowest BCUT2D eigenvalue weighted by atomic mass is 10.0. The van der Waals surface area contributed by atoms with Gasteiger partial charge in [0.25, 0.3) is 0 Å². The molecule has 0 aliphatic carbocycles. The number of methoxy groups -OCH3 is 1. The predicted molar refractivity (Wildman–Crippen MR) is 120 cm³/mol. The molecule has 0 spiro atoms. The van der Waals surface area contributed by atoms with Gasteiger partial charge >= 0.3 is 0 Å². The van der Waals surface area contributed by atoms with Crippen molar-refractivity contribution in [3.05, 3.63) is 65.2 Å². The number of nitrogens with zero attached hydrogens (tertiary/aromatic N) is 1. The van der Waals surface area contributed by atoms with Crippen LogP contribution in [0.4, 0.5) is 0 Å². The number of aryl methyl sites for hydroxylation is 2. The van der Waals surface area contributed by atoms with Gasteiger partial charge in [0, 0.05) is 19.5 Å². The molecule has 0 aliphatic heterocycles. The summed E-state index contributed by atoms with van der Waals surface area (Å²) in [7, 11) is 1.62. The van der Waals surface area contributed by atoms with Gasteiger partial charge in [0.05, 0.1) is 7.11 Å². The SMILES string of the molecule is CCCNC(=O)C(CC)N(Cc1cccc(OC)c1)C(=O)CCc1ccc(C)cc1. The highest BCUT2D eigenvalue weighted by molar-refractivity contribution is 5.87. The van der Waals surface area contributed by atoms with Crippen molar-refractivity contribution in [1.82, 2.24) is 10.2 Å². The average Bonchev–Trinajstić information content (AvgIpc) is 2.77. The molecule has 0 saturated carbocycles. The molecular weight excluding hydrogens is 376 g/mol. The Bertz CT molecular complexity index is 817. The number of amides is 2. The van der Waals surface area contributed by atoms with Crippen LogP contribution in [0.25, 0.3) is 0 Å². The third-order valence-electron chi connectivity index (χ3n) is 5.17. The van der Waals surface area contributed by atoms with Crippen LogP contribution in [0.15, 0.2) is 48.5 Å². The third kappa shape index (κ3) is 6.90. The molecule has 0 radical (unpaired) electrons. The topological polar surface area (TPSA) is 58.6 Å². The summed E-state index contributed by atoms with van der Waals surface area (Å²) in [6, 6.07) is 15.4. The number of ether oxygens (including phenoxy) is 1. The van der Waals surface area contributed by atoms with Crippen molar-refractivity contribution < 1.29 is 14.3 Å². The van der Waals surface area contributed by atoms with Crippen LogP contribution in [0, 0.1) is 6.92 Å². The minimum Gasteiger partial charge on any atom is -0.497 e. The van der Waals surface area contributed by atoms with E-state index in [0.717, 1.165) is 23.3 Å². The van der Waals surface area contributed by atoms with Crippen LogP contribution < -0.4 is 10.1 Å². The molecule has 2 aromatic carbocycles. The molecule has 0 saturated heterocycles. The van der Waals surface area contributed by atoms with Crippen molar-refractivity contribution in [1.29, 1.82) is 0 Å². The maximum absolute atomic E-state index is 13.2. The summed E-state index contributed by atoms with van der Waals surface area (Å²) in [6.07, 6.45) is 2.44. The van der Waals surface area contributed by atoms with Gasteiger partial charge < -0.3 is 15.0 Å². The molecule has 162 valence electrons. The highest BCUT2D eigenvalue weighted by atomic mass is 16.5. The Morgan fingerprint density at radius 3 is 2.43 bits per heavy atom. The summed E-state index contributed by atoms with van der Waals surface area (Å²) < 4.78 is 5.32. The van der Waals surface area contributed by atoms with Crippen molar-refractivity contribution >= 4 is 11.8 Å². The first kappa shape index (κ1) is 23.5. The molecule has 0 bridgehead atoms. The Labute approximate surface area is 180 Å². The summed E-state index contributed by atoms with van der Waals surface area (Å²) >= 11 is 0. The number of carbonyl (C=O) groups is 2. The minimum absolute atomic E-state index is 0.0168. The van der Waals surface area contributed by atoms with Crippen LogP contribution in [0.3, 0.4) is 0 Å². The molecule has 1 atom stereocenters. The first-order chi connectivity index (χ1) is 14.5. The van der Waals surface area contributed by atoms with E-state index in [9.17, 15) is 9.59 Å². The molecule has 0 aliphatic rings. The van der Waals surface area contributed by atoms with Gasteiger partial charge in [0.1, 0.15) is 11.8 Å². The first-order valence-corrected chi connectivity index (χ1v) is 10.7. The molecule has 1 unspecified atom stereocenters. The normalized spacial score (nSPS) is 11.6. The number of hydrogen-bond acceptors (Lipinski definition) is 3. The molecule has 2 aromatic rings. The Kier molecular flexibility index (Phi) is 9.39. The highest BCUT2D eigenvalue weighted by Gasteiger charge is 2.28. The van der Waals surface area contributed by atoms with Crippen LogP contribution in [0.1, 0.15) is 49.8 Å². The van der Waals surface area contributed by atoms with Crippen LogP contribution in [-0.2, 0) is 22.6 Å². The zero-order valence-corrected chi connectivity index (χ0v) is 18.6. The van der Waals surface area contributed by atoms with Gasteiger partial charge in [-0.2, -0.15) is 0 Å². The molecule has 0 heterocycles. The smallest absolute Gasteiger partial charge is 0.242 e. The second-order valence-electron chi connectivity index (χ2n) is 7.57. The van der Waals surface area contributed by atoms with E-state index < -0.39 is 6.04 Å². The molecule has 2 rings (SSSR count). The predicted octanol–water partition coefficient (Wildman–Crippen LogP) is 4.27. The van der Waals surface area contributed by atoms with E-state index >= 15 is 0 Å². The number of hydrogen-bond donors (Lipinski definition) is 1. The molecule has 0 aromatic heterocycles. The highest BCUT2D eigenvalue weighted by Crippen LogP contribution is 2.18. The summed E-state index contributed by atoms with van der Waals surface area (Å²) in [5, 5.41) is 2.95. The van der Waals surface area contributed by atoms with E-state index in [1.165, 1.54) is 5.56 Å². The molecule has 2 amide bonds. The molecule has 5 heteroatoms. The van der Waals surface area contributed by atoms with Crippen molar-refractivity contribution in [2.45, 2.75) is 59.0 Å². The van der Waals surface area contributed by atoms with E-state index in [1.54, 1.807) is 12.0 Å².